The number of halogens is 2. The molecule has 1 aromatic heterocycles. The summed E-state index contributed by atoms with van der Waals surface area (Å²) in [6.45, 7) is 0. The third-order valence-electron chi connectivity index (χ3n) is 4.05. The lowest BCUT2D eigenvalue weighted by molar-refractivity contribution is -0.139. The number of nitrogens with one attached hydrogen (secondary N) is 2. The second-order valence-corrected chi connectivity index (χ2v) is 6.30. The zero-order valence-corrected chi connectivity index (χ0v) is 14.6. The van der Waals surface area contributed by atoms with E-state index in [0.717, 1.165) is 12.3 Å². The molecule has 0 saturated heterocycles. The maximum absolute atomic E-state index is 13.7. The summed E-state index contributed by atoms with van der Waals surface area (Å²) >= 11 is 5.68. The highest BCUT2D eigenvalue weighted by molar-refractivity contribution is 6.31. The molecule has 0 aliphatic rings. The number of pyridine rings is 1. The Morgan fingerprint density at radius 1 is 1.22 bits per heavy atom. The summed E-state index contributed by atoms with van der Waals surface area (Å²) in [5.74, 6) is -2.89. The maximum Gasteiger partial charge on any atom is 0.326 e. The molecule has 0 bridgehead atoms. The molecule has 1 heterocycles. The van der Waals surface area contributed by atoms with Crippen molar-refractivity contribution in [3.8, 4) is 0 Å². The number of amides is 1. The highest BCUT2D eigenvalue weighted by atomic mass is 35.5. The third kappa shape index (κ3) is 3.98. The number of rotatable bonds is 5. The molecule has 1 atom stereocenters. The van der Waals surface area contributed by atoms with E-state index in [2.05, 4.69) is 10.3 Å². The van der Waals surface area contributed by atoms with Crippen molar-refractivity contribution < 1.29 is 19.1 Å². The molecular formula is C19H14ClFN2O4. The van der Waals surface area contributed by atoms with Gasteiger partial charge in [0.2, 0.25) is 5.43 Å². The number of carboxylic acids is 1. The van der Waals surface area contributed by atoms with Gasteiger partial charge in [0.25, 0.3) is 5.91 Å². The molecular weight excluding hydrogens is 375 g/mol. The number of carbonyl (C=O) groups excluding carboxylic acids is 1. The van der Waals surface area contributed by atoms with Crippen LogP contribution in [-0.2, 0) is 11.2 Å². The number of H-pyrrole nitrogens is 1. The van der Waals surface area contributed by atoms with Gasteiger partial charge in [-0.25, -0.2) is 9.18 Å². The van der Waals surface area contributed by atoms with Gasteiger partial charge in [-0.3, -0.25) is 9.59 Å². The van der Waals surface area contributed by atoms with Gasteiger partial charge in [-0.05, 0) is 17.7 Å². The third-order valence-corrected chi connectivity index (χ3v) is 4.34. The van der Waals surface area contributed by atoms with Crippen LogP contribution in [0.5, 0.6) is 0 Å². The number of hydrogen-bond acceptors (Lipinski definition) is 3. The summed E-state index contributed by atoms with van der Waals surface area (Å²) in [6.07, 6.45) is 1.20. The van der Waals surface area contributed by atoms with E-state index >= 15 is 0 Å². The van der Waals surface area contributed by atoms with E-state index in [-0.39, 0.29) is 27.9 Å². The molecule has 8 heteroatoms. The number of aliphatic carboxylic acids is 1. The minimum absolute atomic E-state index is 0.0532. The summed E-state index contributed by atoms with van der Waals surface area (Å²) < 4.78 is 13.7. The quantitative estimate of drug-likeness (QED) is 0.625. The smallest absolute Gasteiger partial charge is 0.326 e. The summed E-state index contributed by atoms with van der Waals surface area (Å²) in [6, 6.07) is 9.72. The lowest BCUT2D eigenvalue weighted by Gasteiger charge is -2.14. The van der Waals surface area contributed by atoms with Crippen LogP contribution < -0.4 is 10.7 Å². The van der Waals surface area contributed by atoms with E-state index in [9.17, 15) is 23.9 Å². The molecule has 27 heavy (non-hydrogen) atoms. The molecule has 0 aliphatic carbocycles. The Morgan fingerprint density at radius 2 is 1.93 bits per heavy atom. The highest BCUT2D eigenvalue weighted by Gasteiger charge is 2.23. The van der Waals surface area contributed by atoms with E-state index in [1.807, 2.05) is 0 Å². The van der Waals surface area contributed by atoms with Crippen LogP contribution in [0.2, 0.25) is 5.02 Å². The molecule has 0 saturated carbocycles. The Morgan fingerprint density at radius 3 is 2.59 bits per heavy atom. The van der Waals surface area contributed by atoms with Crippen LogP contribution in [0.3, 0.4) is 0 Å². The Hall–Kier alpha value is -3.19. The first-order chi connectivity index (χ1) is 12.9. The first kappa shape index (κ1) is 18.6. The largest absolute Gasteiger partial charge is 0.480 e. The van der Waals surface area contributed by atoms with E-state index in [4.69, 9.17) is 11.6 Å². The molecule has 1 amide bonds. The molecule has 3 aromatic rings. The predicted molar refractivity (Wildman–Crippen MR) is 98.6 cm³/mol. The van der Waals surface area contributed by atoms with Crippen LogP contribution in [0.4, 0.5) is 4.39 Å². The molecule has 0 radical (unpaired) electrons. The van der Waals surface area contributed by atoms with Crippen LogP contribution in [0.15, 0.2) is 53.5 Å². The number of aromatic amines is 1. The number of benzene rings is 2. The Bertz CT molecular complexity index is 1080. The molecule has 3 rings (SSSR count). The van der Waals surface area contributed by atoms with Crippen LogP contribution in [0, 0.1) is 5.82 Å². The van der Waals surface area contributed by atoms with Crippen molar-refractivity contribution in [3.05, 3.63) is 80.9 Å². The number of hydrogen-bond donors (Lipinski definition) is 3. The van der Waals surface area contributed by atoms with E-state index in [1.165, 1.54) is 6.07 Å². The van der Waals surface area contributed by atoms with Crippen LogP contribution in [0.1, 0.15) is 15.9 Å². The zero-order valence-electron chi connectivity index (χ0n) is 13.8. The van der Waals surface area contributed by atoms with Crippen molar-refractivity contribution in [1.82, 2.24) is 10.3 Å². The number of fused-ring (bicyclic) bond motifs is 1. The number of carboxylic acid groups (broad SMARTS) is 1. The fourth-order valence-corrected chi connectivity index (χ4v) is 2.83. The number of carbonyl (C=O) groups is 2. The van der Waals surface area contributed by atoms with Gasteiger partial charge >= 0.3 is 5.97 Å². The Labute approximate surface area is 157 Å². The monoisotopic (exact) mass is 388 g/mol. The highest BCUT2D eigenvalue weighted by Crippen LogP contribution is 2.19. The molecule has 138 valence electrons. The minimum Gasteiger partial charge on any atom is -0.480 e. The average molecular weight is 389 g/mol. The summed E-state index contributed by atoms with van der Waals surface area (Å²) in [5, 5.41) is 11.5. The van der Waals surface area contributed by atoms with Gasteiger partial charge in [0.15, 0.2) is 0 Å². The van der Waals surface area contributed by atoms with Crippen molar-refractivity contribution in [2.24, 2.45) is 0 Å². The average Bonchev–Trinajstić information content (AvgIpc) is 2.64. The van der Waals surface area contributed by atoms with Gasteiger partial charge in [-0.1, -0.05) is 41.9 Å². The minimum atomic E-state index is -1.23. The molecule has 0 unspecified atom stereocenters. The first-order valence-electron chi connectivity index (χ1n) is 7.95. The van der Waals surface area contributed by atoms with Crippen molar-refractivity contribution in [3.63, 3.8) is 0 Å². The number of aromatic nitrogens is 1. The molecule has 0 spiro atoms. The second kappa shape index (κ2) is 7.59. The van der Waals surface area contributed by atoms with E-state index in [0.29, 0.717) is 5.56 Å². The van der Waals surface area contributed by atoms with E-state index in [1.54, 1.807) is 30.3 Å². The molecule has 0 aliphatic heterocycles. The molecule has 2 aromatic carbocycles. The second-order valence-electron chi connectivity index (χ2n) is 5.90. The topological polar surface area (TPSA) is 99.3 Å². The standard InChI is InChI=1S/C19H14ClFN2O4/c20-13-8-15-11(7-14(13)21)17(24)12(9-22-15)18(25)23-16(19(26)27)6-10-4-2-1-3-5-10/h1-5,7-9,16H,6H2,(H,22,24)(H,23,25)(H,26,27)/t16-/m0/s1. The predicted octanol–water partition coefficient (Wildman–Crippen LogP) is 2.75. The molecule has 3 N–H and O–H groups in total. The Balaban J connectivity index is 1.90. The van der Waals surface area contributed by atoms with Crippen LogP contribution >= 0.6 is 11.6 Å². The van der Waals surface area contributed by atoms with Crippen molar-refractivity contribution >= 4 is 34.4 Å². The summed E-state index contributed by atoms with van der Waals surface area (Å²) in [7, 11) is 0. The van der Waals surface area contributed by atoms with E-state index < -0.39 is 29.2 Å². The lowest BCUT2D eigenvalue weighted by atomic mass is 10.1. The van der Waals surface area contributed by atoms with Crippen molar-refractivity contribution in [2.75, 3.05) is 0 Å². The summed E-state index contributed by atoms with van der Waals surface area (Å²) in [4.78, 5) is 39.1. The summed E-state index contributed by atoms with van der Waals surface area (Å²) in [5.41, 5.74) is -0.0550. The Kier molecular flexibility index (Phi) is 5.23. The van der Waals surface area contributed by atoms with Crippen molar-refractivity contribution in [2.45, 2.75) is 12.5 Å². The lowest BCUT2D eigenvalue weighted by Crippen LogP contribution is -2.43. The van der Waals surface area contributed by atoms with Gasteiger partial charge in [0.05, 0.1) is 10.5 Å². The van der Waals surface area contributed by atoms with Gasteiger partial charge in [-0.2, -0.15) is 0 Å². The van der Waals surface area contributed by atoms with Gasteiger partial charge in [-0.15, -0.1) is 0 Å². The van der Waals surface area contributed by atoms with Crippen molar-refractivity contribution in [1.29, 1.82) is 0 Å². The zero-order chi connectivity index (χ0) is 19.6. The molecule has 0 fully saturated rings. The SMILES string of the molecule is O=C(N[C@@H](Cc1ccccc1)C(=O)O)c1c[nH]c2cc(Cl)c(F)cc2c1=O. The normalized spacial score (nSPS) is 11.9. The van der Waals surface area contributed by atoms with Crippen LogP contribution in [0.25, 0.3) is 10.9 Å². The van der Waals surface area contributed by atoms with Gasteiger partial charge in [0.1, 0.15) is 17.4 Å². The van der Waals surface area contributed by atoms with Gasteiger partial charge in [0, 0.05) is 18.0 Å². The van der Waals surface area contributed by atoms with Gasteiger partial charge < -0.3 is 15.4 Å². The molecule has 6 nitrogen and oxygen atoms in total. The maximum atomic E-state index is 13.7. The fraction of sp³-hybridized carbons (Fsp3) is 0.105. The fourth-order valence-electron chi connectivity index (χ4n) is 2.67. The first-order valence-corrected chi connectivity index (χ1v) is 8.32. The van der Waals surface area contributed by atoms with Crippen LogP contribution in [-0.4, -0.2) is 28.0 Å².